The third-order valence-corrected chi connectivity index (χ3v) is 11.2. The first-order valence-electron chi connectivity index (χ1n) is 7.50. The van der Waals surface area contributed by atoms with Crippen molar-refractivity contribution < 1.29 is 4.57 Å². The van der Waals surface area contributed by atoms with Gasteiger partial charge in [0.05, 0.1) is 5.16 Å². The Kier molecular flexibility index (Phi) is 2.02. The maximum absolute atomic E-state index is 12.7. The molecule has 0 saturated heterocycles. The predicted octanol–water partition coefficient (Wildman–Crippen LogP) is 5.12. The summed E-state index contributed by atoms with van der Waals surface area (Å²) in [6.45, 7) is 0. The normalized spacial score (nSPS) is 63.8. The summed E-state index contributed by atoms with van der Waals surface area (Å²) in [7, 11) is 0. The highest BCUT2D eigenvalue weighted by Gasteiger charge is 2.74. The van der Waals surface area contributed by atoms with Crippen LogP contribution < -0.4 is 0 Å². The van der Waals surface area contributed by atoms with Gasteiger partial charge in [0.15, 0.2) is 0 Å². The Balaban J connectivity index is 1.75. The molecular weight excluding hydrogens is 286 g/mol. The zero-order chi connectivity index (χ0) is 12.3. The summed E-state index contributed by atoms with van der Waals surface area (Å²) >= 11 is 12.7. The van der Waals surface area contributed by atoms with Gasteiger partial charge in [-0.3, -0.25) is 4.57 Å². The zero-order valence-corrected chi connectivity index (χ0v) is 12.8. The van der Waals surface area contributed by atoms with Crippen LogP contribution in [0.15, 0.2) is 0 Å². The van der Waals surface area contributed by atoms with Crippen LogP contribution in [0.2, 0.25) is 0 Å². The van der Waals surface area contributed by atoms with Gasteiger partial charge in [-0.25, -0.2) is 0 Å². The second-order valence-electron chi connectivity index (χ2n) is 7.77. The highest BCUT2D eigenvalue weighted by Crippen LogP contribution is 2.85. The van der Waals surface area contributed by atoms with Gasteiger partial charge in [0.1, 0.15) is 0 Å². The fourth-order valence-corrected chi connectivity index (χ4v) is 11.2. The van der Waals surface area contributed by atoms with E-state index >= 15 is 0 Å². The SMILES string of the molecule is O=P(Cl)(Cl)C12CC3C[C@@H]4C5CC(C[C@@H]1[C@H]5C3)C[C@@H]42. The van der Waals surface area contributed by atoms with Gasteiger partial charge < -0.3 is 0 Å². The van der Waals surface area contributed by atoms with Gasteiger partial charge in [-0.2, -0.15) is 0 Å². The molecule has 4 unspecified atom stereocenters. The van der Waals surface area contributed by atoms with Gasteiger partial charge in [-0.05, 0) is 102 Å². The Bertz CT molecular complexity index is 448. The summed E-state index contributed by atoms with van der Waals surface area (Å²) < 4.78 is 12.7. The van der Waals surface area contributed by atoms with Crippen molar-refractivity contribution in [3.8, 4) is 0 Å². The van der Waals surface area contributed by atoms with Crippen LogP contribution in [0, 0.1) is 41.4 Å². The van der Waals surface area contributed by atoms with Gasteiger partial charge in [0, 0.05) is 0 Å². The van der Waals surface area contributed by atoms with E-state index in [4.69, 9.17) is 22.5 Å². The third kappa shape index (κ3) is 1.07. The van der Waals surface area contributed by atoms with Crippen molar-refractivity contribution in [1.29, 1.82) is 0 Å². The van der Waals surface area contributed by atoms with Crippen molar-refractivity contribution in [2.45, 2.75) is 43.7 Å². The van der Waals surface area contributed by atoms with Crippen LogP contribution in [0.1, 0.15) is 38.5 Å². The lowest BCUT2D eigenvalue weighted by Gasteiger charge is -2.74. The van der Waals surface area contributed by atoms with Crippen LogP contribution in [0.5, 0.6) is 0 Å². The molecule has 0 aromatic carbocycles. The standard InChI is InChI=1S/C14H19Cl2OP/c15-18(16,17)14-6-8-2-10-9-1-7(4-12(10)14)5-13(14)11(9)3-8/h7-13H,1-6H2/t7?,8?,9?,10-,11+,12+,13-,14?. The van der Waals surface area contributed by atoms with Crippen LogP contribution in [0.3, 0.4) is 0 Å². The number of hydrogen-bond donors (Lipinski definition) is 0. The van der Waals surface area contributed by atoms with Gasteiger partial charge in [-0.15, -0.1) is 0 Å². The van der Waals surface area contributed by atoms with Crippen molar-refractivity contribution >= 4 is 28.3 Å². The fraction of sp³-hybridized carbons (Fsp3) is 1.00. The van der Waals surface area contributed by atoms with Gasteiger partial charge in [0.25, 0.3) is 5.85 Å². The Morgan fingerprint density at radius 2 is 1.39 bits per heavy atom. The van der Waals surface area contributed by atoms with Crippen LogP contribution in [0.25, 0.3) is 0 Å². The summed E-state index contributed by atoms with van der Waals surface area (Å²) in [5.74, 6) is 2.47. The quantitative estimate of drug-likeness (QED) is 0.615. The maximum atomic E-state index is 12.7. The molecule has 0 N–H and O–H groups in total. The van der Waals surface area contributed by atoms with E-state index in [1.165, 1.54) is 32.1 Å². The Morgan fingerprint density at radius 3 is 1.94 bits per heavy atom. The summed E-state index contributed by atoms with van der Waals surface area (Å²) in [5.41, 5.74) is 0. The summed E-state index contributed by atoms with van der Waals surface area (Å²) in [4.78, 5) is 0. The van der Waals surface area contributed by atoms with Crippen molar-refractivity contribution in [3.05, 3.63) is 0 Å². The molecule has 0 amide bonds. The molecule has 7 fully saturated rings. The molecule has 7 aliphatic carbocycles. The molecule has 0 aromatic rings. The van der Waals surface area contributed by atoms with E-state index < -0.39 is 5.85 Å². The minimum Gasteiger partial charge on any atom is -0.289 e. The average molecular weight is 305 g/mol. The minimum absolute atomic E-state index is 0.153. The van der Waals surface area contributed by atoms with E-state index in [0.29, 0.717) is 11.8 Å². The molecule has 7 aliphatic rings. The molecule has 1 nitrogen and oxygen atoms in total. The smallest absolute Gasteiger partial charge is 0.259 e. The first kappa shape index (κ1) is 11.5. The molecule has 0 radical (unpaired) electrons. The Hall–Kier alpha value is 0.810. The largest absolute Gasteiger partial charge is 0.289 e. The average Bonchev–Trinajstić information content (AvgIpc) is 2.33. The number of rotatable bonds is 1. The van der Waals surface area contributed by atoms with E-state index in [2.05, 4.69) is 0 Å². The summed E-state index contributed by atoms with van der Waals surface area (Å²) in [5, 5.41) is -0.153. The highest BCUT2D eigenvalue weighted by atomic mass is 35.9. The lowest BCUT2D eigenvalue weighted by atomic mass is 9.35. The molecule has 18 heavy (non-hydrogen) atoms. The van der Waals surface area contributed by atoms with Gasteiger partial charge >= 0.3 is 0 Å². The van der Waals surface area contributed by atoms with E-state index in [-0.39, 0.29) is 5.16 Å². The molecule has 0 heterocycles. The molecule has 100 valence electrons. The molecular formula is C14H19Cl2OP. The summed E-state index contributed by atoms with van der Waals surface area (Å²) in [6.07, 6.45) is 7.88. The zero-order valence-electron chi connectivity index (χ0n) is 10.4. The highest BCUT2D eigenvalue weighted by molar-refractivity contribution is 8.09. The Labute approximate surface area is 118 Å². The third-order valence-electron chi connectivity index (χ3n) is 7.51. The molecule has 4 heteroatoms. The fourth-order valence-electron chi connectivity index (χ4n) is 7.40. The predicted molar refractivity (Wildman–Crippen MR) is 74.2 cm³/mol. The minimum atomic E-state index is -3.00. The number of halogens is 2. The van der Waals surface area contributed by atoms with E-state index in [0.717, 1.165) is 36.0 Å². The van der Waals surface area contributed by atoms with E-state index in [1.807, 2.05) is 0 Å². The first-order chi connectivity index (χ1) is 8.50. The molecule has 7 saturated carbocycles. The molecule has 0 aliphatic heterocycles. The lowest BCUT2D eigenvalue weighted by Crippen LogP contribution is -2.70. The molecule has 0 aromatic heterocycles. The molecule has 7 rings (SSSR count). The van der Waals surface area contributed by atoms with E-state index in [1.54, 1.807) is 0 Å². The van der Waals surface area contributed by atoms with Gasteiger partial charge in [0.2, 0.25) is 0 Å². The van der Waals surface area contributed by atoms with Crippen LogP contribution in [-0.2, 0) is 4.57 Å². The second-order valence-corrected chi connectivity index (χ2v) is 12.9. The van der Waals surface area contributed by atoms with Crippen molar-refractivity contribution in [2.24, 2.45) is 41.4 Å². The summed E-state index contributed by atoms with van der Waals surface area (Å²) in [6, 6.07) is 0. The topological polar surface area (TPSA) is 17.1 Å². The van der Waals surface area contributed by atoms with Crippen LogP contribution in [-0.4, -0.2) is 5.16 Å². The van der Waals surface area contributed by atoms with Crippen molar-refractivity contribution in [3.63, 3.8) is 0 Å². The molecule has 8 atom stereocenters. The molecule has 8 bridgehead atoms. The second kappa shape index (κ2) is 3.18. The lowest BCUT2D eigenvalue weighted by molar-refractivity contribution is -0.189. The van der Waals surface area contributed by atoms with Crippen molar-refractivity contribution in [1.82, 2.24) is 0 Å². The first-order valence-corrected chi connectivity index (χ1v) is 11.0. The number of hydrogen-bond acceptors (Lipinski definition) is 1. The van der Waals surface area contributed by atoms with Gasteiger partial charge in [-0.1, -0.05) is 0 Å². The monoisotopic (exact) mass is 304 g/mol. The van der Waals surface area contributed by atoms with E-state index in [9.17, 15) is 4.57 Å². The van der Waals surface area contributed by atoms with Crippen LogP contribution in [0.4, 0.5) is 0 Å². The van der Waals surface area contributed by atoms with Crippen molar-refractivity contribution in [2.75, 3.05) is 0 Å². The van der Waals surface area contributed by atoms with Crippen LogP contribution >= 0.6 is 28.3 Å². The maximum Gasteiger partial charge on any atom is 0.259 e. The molecule has 0 spiro atoms. The Morgan fingerprint density at radius 1 is 0.833 bits per heavy atom.